The molecule has 25 heavy (non-hydrogen) atoms. The van der Waals surface area contributed by atoms with Crippen LogP contribution in [0.2, 0.25) is 0 Å². The van der Waals surface area contributed by atoms with Gasteiger partial charge in [-0.05, 0) is 65.3 Å². The number of thioether (sulfide) groups is 1. The van der Waals surface area contributed by atoms with Gasteiger partial charge in [0, 0.05) is 0 Å². The highest BCUT2D eigenvalue weighted by molar-refractivity contribution is 9.10. The molecule has 1 N–H and O–H groups in total. The molecule has 1 fully saturated rings. The van der Waals surface area contributed by atoms with Crippen LogP contribution in [0.5, 0.6) is 11.5 Å². The first kappa shape index (κ1) is 19.3. The Balaban J connectivity index is 2.35. The molecule has 0 unspecified atom stereocenters. The molecule has 1 heterocycles. The van der Waals surface area contributed by atoms with E-state index in [9.17, 15) is 19.5 Å². The number of hydrogen-bond donors (Lipinski definition) is 1. The van der Waals surface area contributed by atoms with Crippen molar-refractivity contribution in [3.63, 3.8) is 0 Å². The SMILES string of the molecule is CCOc1cc(/C=C2/SC(=O)N([C@@H](C)C(=O)OC)C2=O)cc(Br)c1O. The molecule has 1 aromatic carbocycles. The first-order chi connectivity index (χ1) is 11.8. The lowest BCUT2D eigenvalue weighted by Gasteiger charge is -2.18. The van der Waals surface area contributed by atoms with Crippen molar-refractivity contribution in [1.29, 1.82) is 0 Å². The van der Waals surface area contributed by atoms with E-state index >= 15 is 0 Å². The number of phenols is 1. The summed E-state index contributed by atoms with van der Waals surface area (Å²) in [5.74, 6) is -1.04. The van der Waals surface area contributed by atoms with Crippen molar-refractivity contribution in [1.82, 2.24) is 4.90 Å². The van der Waals surface area contributed by atoms with E-state index in [1.165, 1.54) is 20.1 Å². The average molecular weight is 430 g/mol. The van der Waals surface area contributed by atoms with Crippen LogP contribution in [-0.4, -0.2) is 46.9 Å². The zero-order valence-electron chi connectivity index (χ0n) is 13.7. The highest BCUT2D eigenvalue weighted by Gasteiger charge is 2.41. The third-order valence-corrected chi connectivity index (χ3v) is 4.89. The number of ether oxygens (including phenoxy) is 2. The van der Waals surface area contributed by atoms with Gasteiger partial charge in [0.25, 0.3) is 11.1 Å². The normalized spacial score (nSPS) is 17.1. The van der Waals surface area contributed by atoms with Gasteiger partial charge in [0.2, 0.25) is 0 Å². The molecule has 7 nitrogen and oxygen atoms in total. The summed E-state index contributed by atoms with van der Waals surface area (Å²) in [7, 11) is 1.19. The van der Waals surface area contributed by atoms with Gasteiger partial charge in [0.1, 0.15) is 6.04 Å². The zero-order valence-corrected chi connectivity index (χ0v) is 16.1. The topological polar surface area (TPSA) is 93.1 Å². The number of amides is 2. The van der Waals surface area contributed by atoms with Crippen molar-refractivity contribution >= 4 is 50.9 Å². The van der Waals surface area contributed by atoms with Crippen LogP contribution in [0.3, 0.4) is 0 Å². The predicted molar refractivity (Wildman–Crippen MR) is 96.3 cm³/mol. The fourth-order valence-corrected chi connectivity index (χ4v) is 3.55. The summed E-state index contributed by atoms with van der Waals surface area (Å²) >= 11 is 3.95. The Labute approximate surface area is 157 Å². The standard InChI is InChI=1S/C16H16BrNO6S/c1-4-24-11-6-9(5-10(17)13(11)19)7-12-14(20)18(16(22)25-12)8(2)15(21)23-3/h5-8,19H,4H2,1-3H3/b12-7+/t8-/m0/s1. The number of nitrogens with zero attached hydrogens (tertiary/aromatic N) is 1. The molecular formula is C16H16BrNO6S. The van der Waals surface area contributed by atoms with Gasteiger partial charge in [0.15, 0.2) is 11.5 Å². The molecular weight excluding hydrogens is 414 g/mol. The van der Waals surface area contributed by atoms with E-state index < -0.39 is 23.2 Å². The molecule has 0 bridgehead atoms. The van der Waals surface area contributed by atoms with Crippen molar-refractivity contribution in [3.8, 4) is 11.5 Å². The predicted octanol–water partition coefficient (Wildman–Crippen LogP) is 3.15. The number of benzene rings is 1. The molecule has 0 saturated carbocycles. The van der Waals surface area contributed by atoms with Crippen LogP contribution in [0.4, 0.5) is 4.79 Å². The minimum Gasteiger partial charge on any atom is -0.503 e. The summed E-state index contributed by atoms with van der Waals surface area (Å²) in [5.41, 5.74) is 0.560. The van der Waals surface area contributed by atoms with E-state index in [0.29, 0.717) is 16.6 Å². The smallest absolute Gasteiger partial charge is 0.328 e. The summed E-state index contributed by atoms with van der Waals surface area (Å²) in [6, 6.07) is 2.14. The minimum atomic E-state index is -1.01. The Morgan fingerprint density at radius 2 is 2.12 bits per heavy atom. The van der Waals surface area contributed by atoms with E-state index in [4.69, 9.17) is 4.74 Å². The number of aromatic hydroxyl groups is 1. The number of rotatable bonds is 5. The highest BCUT2D eigenvalue weighted by Crippen LogP contribution is 2.38. The van der Waals surface area contributed by atoms with Crippen LogP contribution < -0.4 is 4.74 Å². The van der Waals surface area contributed by atoms with Gasteiger partial charge >= 0.3 is 5.97 Å². The third kappa shape index (κ3) is 3.98. The van der Waals surface area contributed by atoms with Gasteiger partial charge < -0.3 is 14.6 Å². The summed E-state index contributed by atoms with van der Waals surface area (Å²) in [4.78, 5) is 37.2. The second-order valence-corrected chi connectivity index (χ2v) is 6.88. The third-order valence-electron chi connectivity index (χ3n) is 3.40. The maximum atomic E-state index is 12.5. The molecule has 2 rings (SSSR count). The van der Waals surface area contributed by atoms with Crippen LogP contribution in [0, 0.1) is 0 Å². The maximum absolute atomic E-state index is 12.5. The summed E-state index contributed by atoms with van der Waals surface area (Å²) < 4.78 is 10.3. The van der Waals surface area contributed by atoms with Gasteiger partial charge in [0.05, 0.1) is 23.1 Å². The fourth-order valence-electron chi connectivity index (χ4n) is 2.18. The van der Waals surface area contributed by atoms with Crippen LogP contribution in [0.15, 0.2) is 21.5 Å². The Morgan fingerprint density at radius 3 is 2.72 bits per heavy atom. The first-order valence-electron chi connectivity index (χ1n) is 7.30. The zero-order chi connectivity index (χ0) is 18.7. The Kier molecular flexibility index (Phi) is 6.12. The van der Waals surface area contributed by atoms with Crippen molar-refractivity contribution in [2.75, 3.05) is 13.7 Å². The van der Waals surface area contributed by atoms with Crippen molar-refractivity contribution < 1.29 is 29.0 Å². The van der Waals surface area contributed by atoms with Crippen molar-refractivity contribution in [2.24, 2.45) is 0 Å². The van der Waals surface area contributed by atoms with E-state index in [2.05, 4.69) is 20.7 Å². The molecule has 2 amide bonds. The molecule has 134 valence electrons. The lowest BCUT2D eigenvalue weighted by atomic mass is 10.1. The number of carbonyl (C=O) groups is 3. The second-order valence-electron chi connectivity index (χ2n) is 5.03. The summed E-state index contributed by atoms with van der Waals surface area (Å²) in [6.07, 6.45) is 1.50. The number of phenolic OH excluding ortho intramolecular Hbond substituents is 1. The van der Waals surface area contributed by atoms with Crippen LogP contribution in [0.25, 0.3) is 6.08 Å². The Bertz CT molecular complexity index is 763. The summed E-state index contributed by atoms with van der Waals surface area (Å²) in [6.45, 7) is 3.56. The number of carbonyl (C=O) groups excluding carboxylic acids is 3. The molecule has 0 radical (unpaired) electrons. The molecule has 1 aliphatic rings. The van der Waals surface area contributed by atoms with Gasteiger partial charge in [-0.15, -0.1) is 0 Å². The molecule has 0 aliphatic carbocycles. The maximum Gasteiger partial charge on any atom is 0.328 e. The van der Waals surface area contributed by atoms with Crippen LogP contribution in [-0.2, 0) is 14.3 Å². The number of imide groups is 1. The highest BCUT2D eigenvalue weighted by atomic mass is 79.9. The molecule has 0 aromatic heterocycles. The Hall–Kier alpha value is -2.00. The van der Waals surface area contributed by atoms with Gasteiger partial charge in [-0.1, -0.05) is 0 Å². The fraction of sp³-hybridized carbons (Fsp3) is 0.312. The minimum absolute atomic E-state index is 0.0496. The summed E-state index contributed by atoms with van der Waals surface area (Å²) in [5, 5.41) is 9.39. The first-order valence-corrected chi connectivity index (χ1v) is 8.91. The number of halogens is 1. The van der Waals surface area contributed by atoms with Gasteiger partial charge in [-0.25, -0.2) is 4.79 Å². The average Bonchev–Trinajstić information content (AvgIpc) is 2.84. The van der Waals surface area contributed by atoms with Crippen molar-refractivity contribution in [2.45, 2.75) is 19.9 Å². The molecule has 1 aliphatic heterocycles. The van der Waals surface area contributed by atoms with Crippen LogP contribution >= 0.6 is 27.7 Å². The lowest BCUT2D eigenvalue weighted by molar-refractivity contribution is -0.148. The van der Waals surface area contributed by atoms with E-state index in [1.807, 2.05) is 0 Å². The largest absolute Gasteiger partial charge is 0.503 e. The number of esters is 1. The molecule has 1 aromatic rings. The molecule has 1 atom stereocenters. The number of methoxy groups -OCH3 is 1. The quantitative estimate of drug-likeness (QED) is 0.567. The van der Waals surface area contributed by atoms with E-state index in [0.717, 1.165) is 16.7 Å². The molecule has 1 saturated heterocycles. The van der Waals surface area contributed by atoms with Crippen LogP contribution in [0.1, 0.15) is 19.4 Å². The van der Waals surface area contributed by atoms with E-state index in [-0.39, 0.29) is 16.4 Å². The van der Waals surface area contributed by atoms with E-state index in [1.54, 1.807) is 19.1 Å². The molecule has 0 spiro atoms. The number of hydrogen-bond acceptors (Lipinski definition) is 7. The Morgan fingerprint density at radius 1 is 1.44 bits per heavy atom. The van der Waals surface area contributed by atoms with Gasteiger partial charge in [-0.2, -0.15) is 0 Å². The van der Waals surface area contributed by atoms with Crippen molar-refractivity contribution in [3.05, 3.63) is 27.1 Å². The van der Waals surface area contributed by atoms with Gasteiger partial charge in [-0.3, -0.25) is 14.5 Å². The second kappa shape index (κ2) is 7.92. The monoisotopic (exact) mass is 429 g/mol. The molecule has 9 heteroatoms. The lowest BCUT2D eigenvalue weighted by Crippen LogP contribution is -2.42.